The number of rotatable bonds is 4. The van der Waals surface area contributed by atoms with E-state index in [4.69, 9.17) is 39.5 Å². The molecule has 0 aliphatic heterocycles. The second-order valence-electron chi connectivity index (χ2n) is 4.29. The number of aliphatic hydroxyl groups excluding tert-OH is 1. The SMILES string of the molecule is OC(c1ccc(OCc2ccccc2)cc1)C(Cl)(Cl)Cl. The van der Waals surface area contributed by atoms with Crippen LogP contribution in [-0.4, -0.2) is 8.90 Å². The Hall–Kier alpha value is -0.930. The van der Waals surface area contributed by atoms with E-state index in [1.807, 2.05) is 30.3 Å². The molecule has 0 aromatic heterocycles. The Balaban J connectivity index is 1.98. The summed E-state index contributed by atoms with van der Waals surface area (Å²) in [6, 6.07) is 16.7. The van der Waals surface area contributed by atoms with Gasteiger partial charge in [-0.3, -0.25) is 0 Å². The second-order valence-corrected chi connectivity index (χ2v) is 6.66. The summed E-state index contributed by atoms with van der Waals surface area (Å²) < 4.78 is 3.89. The predicted octanol–water partition coefficient (Wildman–Crippen LogP) is 4.67. The van der Waals surface area contributed by atoms with Gasteiger partial charge in [0.1, 0.15) is 18.5 Å². The zero-order chi connectivity index (χ0) is 14.6. The van der Waals surface area contributed by atoms with Crippen molar-refractivity contribution in [3.8, 4) is 5.75 Å². The molecule has 1 atom stereocenters. The van der Waals surface area contributed by atoms with Crippen molar-refractivity contribution in [2.45, 2.75) is 16.5 Å². The molecule has 0 spiro atoms. The fraction of sp³-hybridized carbons (Fsp3) is 0.200. The van der Waals surface area contributed by atoms with Crippen LogP contribution in [-0.2, 0) is 6.61 Å². The first kappa shape index (κ1) is 15.5. The van der Waals surface area contributed by atoms with Crippen molar-refractivity contribution in [2.75, 3.05) is 0 Å². The monoisotopic (exact) mass is 330 g/mol. The number of hydrogen-bond donors (Lipinski definition) is 1. The van der Waals surface area contributed by atoms with Gasteiger partial charge < -0.3 is 9.84 Å². The molecule has 0 amide bonds. The number of halogens is 3. The van der Waals surface area contributed by atoms with Crippen molar-refractivity contribution < 1.29 is 9.84 Å². The van der Waals surface area contributed by atoms with Crippen LogP contribution in [0.4, 0.5) is 0 Å². The third kappa shape index (κ3) is 4.29. The van der Waals surface area contributed by atoms with E-state index in [2.05, 4.69) is 0 Å². The topological polar surface area (TPSA) is 29.5 Å². The first-order valence-electron chi connectivity index (χ1n) is 5.98. The Morgan fingerprint density at radius 2 is 1.55 bits per heavy atom. The van der Waals surface area contributed by atoms with Gasteiger partial charge in [0.05, 0.1) is 0 Å². The highest BCUT2D eigenvalue weighted by Gasteiger charge is 2.31. The van der Waals surface area contributed by atoms with Crippen LogP contribution < -0.4 is 4.74 Å². The van der Waals surface area contributed by atoms with E-state index in [-0.39, 0.29) is 0 Å². The summed E-state index contributed by atoms with van der Waals surface area (Å²) in [6.45, 7) is 0.479. The van der Waals surface area contributed by atoms with Gasteiger partial charge in [0.15, 0.2) is 0 Å². The van der Waals surface area contributed by atoms with Gasteiger partial charge in [0.25, 0.3) is 0 Å². The number of aliphatic hydroxyl groups is 1. The summed E-state index contributed by atoms with van der Waals surface area (Å²) in [6.07, 6.45) is -1.17. The van der Waals surface area contributed by atoms with Crippen molar-refractivity contribution in [3.05, 3.63) is 65.7 Å². The summed E-state index contributed by atoms with van der Waals surface area (Å²) in [5.74, 6) is 0.689. The van der Waals surface area contributed by atoms with E-state index in [1.165, 1.54) is 0 Å². The van der Waals surface area contributed by atoms with E-state index < -0.39 is 9.90 Å². The molecule has 2 aromatic carbocycles. The Kier molecular flexibility index (Phi) is 5.17. The fourth-order valence-electron chi connectivity index (χ4n) is 1.68. The van der Waals surface area contributed by atoms with Gasteiger partial charge in [0, 0.05) is 0 Å². The average Bonchev–Trinajstić information content (AvgIpc) is 2.45. The van der Waals surface area contributed by atoms with Crippen LogP contribution in [0.15, 0.2) is 54.6 Å². The summed E-state index contributed by atoms with van der Waals surface area (Å²) in [4.78, 5) is 0. The molecule has 0 bridgehead atoms. The maximum atomic E-state index is 9.82. The highest BCUT2D eigenvalue weighted by Crippen LogP contribution is 2.39. The quantitative estimate of drug-likeness (QED) is 0.825. The number of ether oxygens (including phenoxy) is 1. The molecule has 0 aliphatic rings. The second kappa shape index (κ2) is 6.68. The first-order chi connectivity index (χ1) is 9.47. The predicted molar refractivity (Wildman–Crippen MR) is 82.5 cm³/mol. The molecule has 0 saturated carbocycles. The van der Waals surface area contributed by atoms with Gasteiger partial charge in [0.2, 0.25) is 3.79 Å². The van der Waals surface area contributed by atoms with Crippen molar-refractivity contribution in [1.29, 1.82) is 0 Å². The molecule has 106 valence electrons. The standard InChI is InChI=1S/C15H13Cl3O2/c16-15(17,18)14(19)12-6-8-13(9-7-12)20-10-11-4-2-1-3-5-11/h1-9,14,19H,10H2. The molecule has 5 heteroatoms. The number of benzene rings is 2. The molecular formula is C15H13Cl3O2. The molecule has 2 rings (SSSR count). The van der Waals surface area contributed by atoms with E-state index in [1.54, 1.807) is 24.3 Å². The lowest BCUT2D eigenvalue weighted by atomic mass is 10.1. The zero-order valence-electron chi connectivity index (χ0n) is 10.5. The fourth-order valence-corrected chi connectivity index (χ4v) is 2.05. The summed E-state index contributed by atoms with van der Waals surface area (Å²) >= 11 is 16.9. The maximum absolute atomic E-state index is 9.82. The van der Waals surface area contributed by atoms with Gasteiger partial charge in [-0.1, -0.05) is 77.3 Å². The highest BCUT2D eigenvalue weighted by atomic mass is 35.6. The molecular weight excluding hydrogens is 319 g/mol. The minimum absolute atomic E-state index is 0.479. The maximum Gasteiger partial charge on any atom is 0.220 e. The van der Waals surface area contributed by atoms with Crippen LogP contribution in [0, 0.1) is 0 Å². The average molecular weight is 332 g/mol. The van der Waals surface area contributed by atoms with Crippen molar-refractivity contribution in [1.82, 2.24) is 0 Å². The molecule has 0 aliphatic carbocycles. The highest BCUT2D eigenvalue weighted by molar-refractivity contribution is 6.68. The number of alkyl halides is 3. The third-order valence-corrected chi connectivity index (χ3v) is 3.37. The Morgan fingerprint density at radius 3 is 2.10 bits per heavy atom. The lowest BCUT2D eigenvalue weighted by molar-refractivity contribution is 0.182. The molecule has 1 N–H and O–H groups in total. The molecule has 2 aromatic rings. The lowest BCUT2D eigenvalue weighted by Gasteiger charge is -2.19. The van der Waals surface area contributed by atoms with Gasteiger partial charge in [-0.25, -0.2) is 0 Å². The van der Waals surface area contributed by atoms with Crippen molar-refractivity contribution in [3.63, 3.8) is 0 Å². The zero-order valence-corrected chi connectivity index (χ0v) is 12.7. The van der Waals surface area contributed by atoms with Crippen LogP contribution >= 0.6 is 34.8 Å². The molecule has 0 heterocycles. The van der Waals surface area contributed by atoms with Crippen LogP contribution in [0.25, 0.3) is 0 Å². The molecule has 1 unspecified atom stereocenters. The smallest absolute Gasteiger partial charge is 0.220 e. The Morgan fingerprint density at radius 1 is 0.950 bits per heavy atom. The van der Waals surface area contributed by atoms with Crippen molar-refractivity contribution in [2.24, 2.45) is 0 Å². The van der Waals surface area contributed by atoms with Crippen LogP contribution in [0.3, 0.4) is 0 Å². The Labute approximate surface area is 132 Å². The minimum atomic E-state index is -1.74. The molecule has 0 fully saturated rings. The lowest BCUT2D eigenvalue weighted by Crippen LogP contribution is -2.16. The normalized spacial score (nSPS) is 13.0. The molecule has 0 radical (unpaired) electrons. The molecule has 20 heavy (non-hydrogen) atoms. The van der Waals surface area contributed by atoms with Gasteiger partial charge in [-0.15, -0.1) is 0 Å². The Bertz CT molecular complexity index is 535. The minimum Gasteiger partial charge on any atom is -0.489 e. The van der Waals surface area contributed by atoms with E-state index >= 15 is 0 Å². The summed E-state index contributed by atoms with van der Waals surface area (Å²) in [5, 5.41) is 9.82. The summed E-state index contributed by atoms with van der Waals surface area (Å²) in [5.41, 5.74) is 1.61. The van der Waals surface area contributed by atoms with Gasteiger partial charge in [-0.05, 0) is 23.3 Å². The van der Waals surface area contributed by atoms with E-state index in [9.17, 15) is 5.11 Å². The van der Waals surface area contributed by atoms with Gasteiger partial charge in [-0.2, -0.15) is 0 Å². The third-order valence-electron chi connectivity index (χ3n) is 2.75. The molecule has 0 saturated heterocycles. The van der Waals surface area contributed by atoms with Crippen LogP contribution in [0.2, 0.25) is 0 Å². The van der Waals surface area contributed by atoms with Gasteiger partial charge >= 0.3 is 0 Å². The van der Waals surface area contributed by atoms with E-state index in [0.717, 1.165) is 5.56 Å². The van der Waals surface area contributed by atoms with Crippen molar-refractivity contribution >= 4 is 34.8 Å². The summed E-state index contributed by atoms with van der Waals surface area (Å²) in [7, 11) is 0. The van der Waals surface area contributed by atoms with Crippen LogP contribution in [0.5, 0.6) is 5.75 Å². The van der Waals surface area contributed by atoms with E-state index in [0.29, 0.717) is 17.9 Å². The number of hydrogen-bond acceptors (Lipinski definition) is 2. The molecule has 2 nitrogen and oxygen atoms in total. The van der Waals surface area contributed by atoms with Crippen LogP contribution in [0.1, 0.15) is 17.2 Å². The largest absolute Gasteiger partial charge is 0.489 e. The first-order valence-corrected chi connectivity index (χ1v) is 7.11.